The maximum absolute atomic E-state index is 8.93. The first-order valence-electron chi connectivity index (χ1n) is 5.96. The zero-order valence-corrected chi connectivity index (χ0v) is 11.0. The minimum absolute atomic E-state index is 0.0897. The molecule has 0 radical (unpaired) electrons. The van der Waals surface area contributed by atoms with Gasteiger partial charge in [0.1, 0.15) is 5.76 Å². The van der Waals surface area contributed by atoms with Gasteiger partial charge in [-0.2, -0.15) is 0 Å². The van der Waals surface area contributed by atoms with Crippen molar-refractivity contribution in [2.24, 2.45) is 0 Å². The van der Waals surface area contributed by atoms with Gasteiger partial charge in [0.25, 0.3) is 0 Å². The van der Waals surface area contributed by atoms with E-state index in [9.17, 15) is 0 Å². The van der Waals surface area contributed by atoms with Crippen molar-refractivity contribution in [2.45, 2.75) is 13.3 Å². The first-order valence-corrected chi connectivity index (χ1v) is 5.96. The van der Waals surface area contributed by atoms with Gasteiger partial charge in [0, 0.05) is 38.4 Å². The van der Waals surface area contributed by atoms with Gasteiger partial charge in [-0.3, -0.25) is 0 Å². The Kier molecular flexibility index (Phi) is 3.67. The van der Waals surface area contributed by atoms with Crippen molar-refractivity contribution in [3.8, 4) is 11.5 Å². The number of nitrogens with zero attached hydrogens (tertiary/aromatic N) is 2. The summed E-state index contributed by atoms with van der Waals surface area (Å²) < 4.78 is 5.62. The van der Waals surface area contributed by atoms with Crippen LogP contribution in [0.2, 0.25) is 0 Å². The van der Waals surface area contributed by atoms with Crippen LogP contribution in [0.25, 0.3) is 11.5 Å². The van der Waals surface area contributed by atoms with Gasteiger partial charge in [0.15, 0.2) is 0 Å². The molecule has 0 unspecified atom stereocenters. The number of oxazole rings is 1. The lowest BCUT2D eigenvalue weighted by Crippen LogP contribution is -2.07. The Labute approximate surface area is 107 Å². The fourth-order valence-electron chi connectivity index (χ4n) is 1.79. The van der Waals surface area contributed by atoms with Crippen molar-refractivity contribution in [2.75, 3.05) is 25.6 Å². The zero-order valence-electron chi connectivity index (χ0n) is 11.0. The Hall–Kier alpha value is -1.81. The average molecular weight is 246 g/mol. The summed E-state index contributed by atoms with van der Waals surface area (Å²) in [7, 11) is 4.01. The average Bonchev–Trinajstić information content (AvgIpc) is 2.72. The van der Waals surface area contributed by atoms with Crippen molar-refractivity contribution in [1.29, 1.82) is 0 Å². The van der Waals surface area contributed by atoms with Crippen molar-refractivity contribution in [3.63, 3.8) is 0 Å². The van der Waals surface area contributed by atoms with Crippen molar-refractivity contribution in [1.82, 2.24) is 4.98 Å². The number of anilines is 1. The third-order valence-electron chi connectivity index (χ3n) is 2.87. The molecule has 0 amide bonds. The smallest absolute Gasteiger partial charge is 0.226 e. The summed E-state index contributed by atoms with van der Waals surface area (Å²) in [5.41, 5.74) is 2.91. The van der Waals surface area contributed by atoms with E-state index in [0.717, 1.165) is 22.7 Å². The third kappa shape index (κ3) is 2.54. The number of rotatable bonds is 4. The molecule has 0 saturated carbocycles. The van der Waals surface area contributed by atoms with Crippen LogP contribution in [-0.4, -0.2) is 30.8 Å². The van der Waals surface area contributed by atoms with Crippen molar-refractivity contribution < 1.29 is 9.52 Å². The van der Waals surface area contributed by atoms with Crippen LogP contribution in [0.4, 0.5) is 5.69 Å². The standard InChI is InChI=1S/C14H18N2O2/c1-10-13(8-9-17)15-14(18-10)11-4-6-12(7-5-11)16(2)3/h4-7,17H,8-9H2,1-3H3. The number of aryl methyl sites for hydroxylation is 1. The summed E-state index contributed by atoms with van der Waals surface area (Å²) >= 11 is 0. The Morgan fingerprint density at radius 2 is 1.89 bits per heavy atom. The molecule has 4 nitrogen and oxygen atoms in total. The van der Waals surface area contributed by atoms with Crippen LogP contribution in [-0.2, 0) is 6.42 Å². The number of hydrogen-bond acceptors (Lipinski definition) is 4. The lowest BCUT2D eigenvalue weighted by atomic mass is 10.2. The molecule has 0 aliphatic heterocycles. The van der Waals surface area contributed by atoms with Crippen LogP contribution >= 0.6 is 0 Å². The predicted molar refractivity (Wildman–Crippen MR) is 71.8 cm³/mol. The van der Waals surface area contributed by atoms with Crippen molar-refractivity contribution >= 4 is 5.69 Å². The van der Waals surface area contributed by atoms with Gasteiger partial charge in [-0.25, -0.2) is 4.98 Å². The SMILES string of the molecule is Cc1oc(-c2ccc(N(C)C)cc2)nc1CCO. The summed E-state index contributed by atoms with van der Waals surface area (Å²) in [6.45, 7) is 1.96. The van der Waals surface area contributed by atoms with Crippen molar-refractivity contribution in [3.05, 3.63) is 35.7 Å². The van der Waals surface area contributed by atoms with Gasteiger partial charge in [-0.1, -0.05) is 0 Å². The van der Waals surface area contributed by atoms with Gasteiger partial charge in [-0.15, -0.1) is 0 Å². The summed E-state index contributed by atoms with van der Waals surface area (Å²) in [5.74, 6) is 1.39. The summed E-state index contributed by atoms with van der Waals surface area (Å²) in [6.07, 6.45) is 0.533. The Balaban J connectivity index is 2.28. The molecule has 0 aliphatic rings. The van der Waals surface area contributed by atoms with Crippen LogP contribution in [0, 0.1) is 6.92 Å². The number of aliphatic hydroxyl groups excluding tert-OH is 1. The van der Waals surface area contributed by atoms with Crippen LogP contribution in [0.3, 0.4) is 0 Å². The van der Waals surface area contributed by atoms with Crippen LogP contribution in [0.15, 0.2) is 28.7 Å². The van der Waals surface area contributed by atoms with E-state index >= 15 is 0 Å². The molecule has 0 spiro atoms. The summed E-state index contributed by atoms with van der Waals surface area (Å²) in [6, 6.07) is 8.04. The van der Waals surface area contributed by atoms with E-state index in [4.69, 9.17) is 9.52 Å². The molecular weight excluding hydrogens is 228 g/mol. The summed E-state index contributed by atoms with van der Waals surface area (Å²) in [4.78, 5) is 6.45. The van der Waals surface area contributed by atoms with E-state index in [1.165, 1.54) is 0 Å². The first-order chi connectivity index (χ1) is 8.61. The van der Waals surface area contributed by atoms with E-state index in [1.54, 1.807) is 0 Å². The number of aliphatic hydroxyl groups is 1. The molecule has 0 saturated heterocycles. The molecule has 4 heteroatoms. The molecule has 1 aromatic carbocycles. The quantitative estimate of drug-likeness (QED) is 0.899. The molecule has 96 valence electrons. The highest BCUT2D eigenvalue weighted by Crippen LogP contribution is 2.24. The normalized spacial score (nSPS) is 10.7. The van der Waals surface area contributed by atoms with Gasteiger partial charge < -0.3 is 14.4 Å². The van der Waals surface area contributed by atoms with Gasteiger partial charge in [0.2, 0.25) is 5.89 Å². The second-order valence-electron chi connectivity index (χ2n) is 4.44. The molecular formula is C14H18N2O2. The van der Waals surface area contributed by atoms with Crippen LogP contribution in [0.5, 0.6) is 0 Å². The molecule has 1 aromatic heterocycles. The highest BCUT2D eigenvalue weighted by atomic mass is 16.4. The fraction of sp³-hybridized carbons (Fsp3) is 0.357. The molecule has 0 bridgehead atoms. The minimum atomic E-state index is 0.0897. The van der Waals surface area contributed by atoms with Gasteiger partial charge in [-0.05, 0) is 31.2 Å². The zero-order chi connectivity index (χ0) is 13.1. The Morgan fingerprint density at radius 3 is 2.44 bits per heavy atom. The molecule has 1 heterocycles. The Bertz CT molecular complexity index is 515. The fourth-order valence-corrected chi connectivity index (χ4v) is 1.79. The molecule has 1 N–H and O–H groups in total. The second kappa shape index (κ2) is 5.23. The monoisotopic (exact) mass is 246 g/mol. The molecule has 0 fully saturated rings. The molecule has 0 aliphatic carbocycles. The molecule has 18 heavy (non-hydrogen) atoms. The number of aromatic nitrogens is 1. The molecule has 2 aromatic rings. The highest BCUT2D eigenvalue weighted by molar-refractivity contribution is 5.59. The molecule has 2 rings (SSSR count). The van der Waals surface area contributed by atoms with Gasteiger partial charge in [0.05, 0.1) is 5.69 Å². The van der Waals surface area contributed by atoms with E-state index in [-0.39, 0.29) is 6.61 Å². The van der Waals surface area contributed by atoms with Crippen LogP contribution in [0.1, 0.15) is 11.5 Å². The minimum Gasteiger partial charge on any atom is -0.441 e. The maximum atomic E-state index is 8.93. The first kappa shape index (κ1) is 12.6. The van der Waals surface area contributed by atoms with E-state index < -0.39 is 0 Å². The lowest BCUT2D eigenvalue weighted by molar-refractivity contribution is 0.297. The lowest BCUT2D eigenvalue weighted by Gasteiger charge is -2.11. The largest absolute Gasteiger partial charge is 0.441 e. The Morgan fingerprint density at radius 1 is 1.22 bits per heavy atom. The highest BCUT2D eigenvalue weighted by Gasteiger charge is 2.10. The maximum Gasteiger partial charge on any atom is 0.226 e. The third-order valence-corrected chi connectivity index (χ3v) is 2.87. The van der Waals surface area contributed by atoms with E-state index in [2.05, 4.69) is 4.98 Å². The number of benzene rings is 1. The topological polar surface area (TPSA) is 49.5 Å². The van der Waals surface area contributed by atoms with Crippen LogP contribution < -0.4 is 4.90 Å². The van der Waals surface area contributed by atoms with E-state index in [0.29, 0.717) is 12.3 Å². The second-order valence-corrected chi connectivity index (χ2v) is 4.44. The number of hydrogen-bond donors (Lipinski definition) is 1. The predicted octanol–water partition coefficient (Wildman–Crippen LogP) is 2.25. The molecule has 0 atom stereocenters. The van der Waals surface area contributed by atoms with E-state index in [1.807, 2.05) is 50.2 Å². The summed E-state index contributed by atoms with van der Waals surface area (Å²) in [5, 5.41) is 8.93. The van der Waals surface area contributed by atoms with Gasteiger partial charge >= 0.3 is 0 Å².